The van der Waals surface area contributed by atoms with Gasteiger partial charge in [-0.3, -0.25) is 0 Å². The first-order valence-electron chi connectivity index (χ1n) is 1.54. The van der Waals surface area contributed by atoms with E-state index in [1.807, 2.05) is 5.38 Å². The maximum atomic E-state index is 5.54. The van der Waals surface area contributed by atoms with Crippen LogP contribution in [0.3, 0.4) is 0 Å². The first kappa shape index (κ1) is 5.69. The number of hydrogen-bond donors (Lipinski definition) is 0. The van der Waals surface area contributed by atoms with Crippen LogP contribution >= 0.6 is 44.5 Å². The van der Waals surface area contributed by atoms with Gasteiger partial charge in [0.2, 0.25) is 0 Å². The molecule has 0 unspecified atom stereocenters. The topological polar surface area (TPSA) is 0 Å². The summed E-state index contributed by atoms with van der Waals surface area (Å²) >= 11 is 10.3. The molecule has 0 bridgehead atoms. The van der Waals surface area contributed by atoms with E-state index >= 15 is 0 Å². The maximum Gasteiger partial charge on any atom is 0.120 e. The lowest BCUT2D eigenvalue weighted by Crippen LogP contribution is -1.40. The highest BCUT2D eigenvalue weighted by Gasteiger charge is 1.87. The van der Waals surface area contributed by atoms with Gasteiger partial charge in [-0.15, -0.1) is 0 Å². The smallest absolute Gasteiger partial charge is 0.0856 e. The molecular formula is C3HClS3. The van der Waals surface area contributed by atoms with Crippen LogP contribution in [0.4, 0.5) is 0 Å². The van der Waals surface area contributed by atoms with Crippen molar-refractivity contribution in [2.45, 2.75) is 0 Å². The van der Waals surface area contributed by atoms with Crippen molar-refractivity contribution in [3.63, 3.8) is 0 Å². The molecule has 0 N–H and O–H groups in total. The number of rotatable bonds is 0. The molecule has 1 heterocycles. The van der Waals surface area contributed by atoms with E-state index in [9.17, 15) is 0 Å². The quantitative estimate of drug-likeness (QED) is 0.424. The largest absolute Gasteiger partial charge is 0.120 e. The van der Waals surface area contributed by atoms with Gasteiger partial charge < -0.3 is 0 Å². The molecule has 4 heteroatoms. The van der Waals surface area contributed by atoms with Crippen LogP contribution in [0.25, 0.3) is 0 Å². The fraction of sp³-hybridized carbons (Fsp3) is 0. The molecule has 1 rings (SSSR count). The summed E-state index contributed by atoms with van der Waals surface area (Å²) < 4.78 is 0.798. The Balaban J connectivity index is 3.39. The van der Waals surface area contributed by atoms with Gasteiger partial charge >= 0.3 is 0 Å². The molecule has 0 saturated heterocycles. The zero-order valence-electron chi connectivity index (χ0n) is 3.18. The van der Waals surface area contributed by atoms with Gasteiger partial charge in [0.1, 0.15) is 3.82 Å². The van der Waals surface area contributed by atoms with Crippen molar-refractivity contribution in [3.8, 4) is 0 Å². The normalized spacial score (nSPS) is 9.29. The molecule has 0 aliphatic carbocycles. The maximum absolute atomic E-state index is 5.54. The Kier molecular flexibility index (Phi) is 1.80. The Morgan fingerprint density at radius 2 is 2.43 bits per heavy atom. The first-order chi connectivity index (χ1) is 3.30. The van der Waals surface area contributed by atoms with Crippen LogP contribution in [-0.2, 0) is 0 Å². The van der Waals surface area contributed by atoms with Gasteiger partial charge in [-0.2, -0.15) is 0 Å². The predicted molar refractivity (Wildman–Crippen MR) is 38.0 cm³/mol. The minimum Gasteiger partial charge on any atom is -0.0856 e. The van der Waals surface area contributed by atoms with Gasteiger partial charge in [0.25, 0.3) is 0 Å². The monoisotopic (exact) mass is 168 g/mol. The molecule has 0 spiro atoms. The van der Waals surface area contributed by atoms with Gasteiger partial charge in [-0.25, -0.2) is 0 Å². The average molecular weight is 169 g/mol. The first-order valence-corrected chi connectivity index (χ1v) is 4.54. The number of hydrogen-bond acceptors (Lipinski definition) is 3. The van der Waals surface area contributed by atoms with Crippen LogP contribution in [0.1, 0.15) is 0 Å². The summed E-state index contributed by atoms with van der Waals surface area (Å²) in [6.07, 6.45) is 0. The lowest BCUT2D eigenvalue weighted by Gasteiger charge is -1.63. The summed E-state index contributed by atoms with van der Waals surface area (Å²) in [7, 11) is 3.10. The molecule has 0 aliphatic heterocycles. The molecular weight excluding hydrogens is 168 g/mol. The summed E-state index contributed by atoms with van der Waals surface area (Å²) in [4.78, 5) is 0. The third kappa shape index (κ3) is 1.22. The van der Waals surface area contributed by atoms with Crippen molar-refractivity contribution in [2.75, 3.05) is 0 Å². The fourth-order valence-corrected chi connectivity index (χ4v) is 2.75. The van der Waals surface area contributed by atoms with Crippen LogP contribution in [0.15, 0.2) is 5.38 Å². The highest BCUT2D eigenvalue weighted by Crippen LogP contribution is 2.20. The van der Waals surface area contributed by atoms with E-state index in [1.54, 1.807) is 10.3 Å². The van der Waals surface area contributed by atoms with Crippen LogP contribution in [0.5, 0.6) is 0 Å². The Bertz CT molecular complexity index is 198. The standard InChI is InChI=1S/C3HClS3/c4-2-1-6-7-3(2)5/h1H. The van der Waals surface area contributed by atoms with Crippen molar-refractivity contribution in [1.29, 1.82) is 0 Å². The Morgan fingerprint density at radius 3 is 2.57 bits per heavy atom. The number of halogens is 1. The van der Waals surface area contributed by atoms with Gasteiger partial charge in [0, 0.05) is 5.38 Å². The minimum absolute atomic E-state index is 0.713. The van der Waals surface area contributed by atoms with Crippen LogP contribution in [-0.4, -0.2) is 0 Å². The summed E-state index contributed by atoms with van der Waals surface area (Å²) in [6, 6.07) is 0. The zero-order chi connectivity index (χ0) is 5.28. The molecule has 7 heavy (non-hydrogen) atoms. The van der Waals surface area contributed by atoms with Gasteiger partial charge in [0.15, 0.2) is 0 Å². The molecule has 0 amide bonds. The van der Waals surface area contributed by atoms with E-state index < -0.39 is 0 Å². The van der Waals surface area contributed by atoms with E-state index in [2.05, 4.69) is 0 Å². The minimum atomic E-state index is 0.713. The summed E-state index contributed by atoms with van der Waals surface area (Å²) in [6.45, 7) is 0. The molecule has 0 aromatic carbocycles. The molecule has 0 atom stereocenters. The third-order valence-corrected chi connectivity index (χ3v) is 3.79. The van der Waals surface area contributed by atoms with E-state index in [0.29, 0.717) is 5.02 Å². The van der Waals surface area contributed by atoms with Crippen molar-refractivity contribution < 1.29 is 0 Å². The van der Waals surface area contributed by atoms with Crippen LogP contribution < -0.4 is 0 Å². The molecule has 0 fully saturated rings. The van der Waals surface area contributed by atoms with Crippen LogP contribution in [0.2, 0.25) is 5.02 Å². The van der Waals surface area contributed by atoms with Crippen molar-refractivity contribution in [1.82, 2.24) is 0 Å². The lowest BCUT2D eigenvalue weighted by molar-refractivity contribution is 2.05. The van der Waals surface area contributed by atoms with E-state index in [0.717, 1.165) is 3.82 Å². The van der Waals surface area contributed by atoms with E-state index in [1.165, 1.54) is 10.3 Å². The highest BCUT2D eigenvalue weighted by atomic mass is 35.5. The molecule has 0 radical (unpaired) electrons. The molecule has 38 valence electrons. The summed E-state index contributed by atoms with van der Waals surface area (Å²) in [5.41, 5.74) is 0. The SMILES string of the molecule is S=c1sscc1Cl. The average Bonchev–Trinajstić information content (AvgIpc) is 1.91. The Morgan fingerprint density at radius 1 is 1.71 bits per heavy atom. The van der Waals surface area contributed by atoms with Crippen molar-refractivity contribution >= 4 is 44.5 Å². The lowest BCUT2D eigenvalue weighted by atomic mass is 10.8. The molecule has 0 nitrogen and oxygen atoms in total. The van der Waals surface area contributed by atoms with E-state index in [4.69, 9.17) is 23.8 Å². The highest BCUT2D eigenvalue weighted by molar-refractivity contribution is 7.79. The summed E-state index contributed by atoms with van der Waals surface area (Å²) in [5.74, 6) is 0. The second kappa shape index (κ2) is 2.22. The molecule has 1 aromatic heterocycles. The second-order valence-corrected chi connectivity index (χ2v) is 4.09. The van der Waals surface area contributed by atoms with Gasteiger partial charge in [0.05, 0.1) is 5.02 Å². The zero-order valence-corrected chi connectivity index (χ0v) is 6.39. The Hall–Kier alpha value is 0.560. The van der Waals surface area contributed by atoms with Gasteiger partial charge in [-0.05, 0) is 0 Å². The predicted octanol–water partition coefficient (Wildman–Crippen LogP) is 3.19. The second-order valence-electron chi connectivity index (χ2n) is 0.933. The van der Waals surface area contributed by atoms with Crippen molar-refractivity contribution in [3.05, 3.63) is 14.2 Å². The van der Waals surface area contributed by atoms with Gasteiger partial charge in [-0.1, -0.05) is 44.5 Å². The molecule has 1 aromatic rings. The van der Waals surface area contributed by atoms with Crippen molar-refractivity contribution in [2.24, 2.45) is 0 Å². The fourth-order valence-electron chi connectivity index (χ4n) is 0.198. The summed E-state index contributed by atoms with van der Waals surface area (Å²) in [5, 5.41) is 2.55. The Labute approximate surface area is 58.8 Å². The third-order valence-electron chi connectivity index (χ3n) is 0.470. The van der Waals surface area contributed by atoms with E-state index in [-0.39, 0.29) is 0 Å². The molecule has 0 aliphatic rings. The molecule has 0 saturated carbocycles. The van der Waals surface area contributed by atoms with Crippen LogP contribution in [0, 0.1) is 3.82 Å².